The maximum Gasteiger partial charge on any atom is 0.255 e. The van der Waals surface area contributed by atoms with Crippen LogP contribution in [0.1, 0.15) is 16.7 Å². The molecule has 0 unspecified atom stereocenters. The number of nitrogens with zero attached hydrogens (tertiary/aromatic N) is 2. The second-order valence-electron chi connectivity index (χ2n) is 7.06. The van der Waals surface area contributed by atoms with Gasteiger partial charge in [-0.1, -0.05) is 53.6 Å². The number of halogens is 2. The average molecular weight is 474 g/mol. The van der Waals surface area contributed by atoms with E-state index in [1.807, 2.05) is 6.92 Å². The summed E-state index contributed by atoms with van der Waals surface area (Å²) < 4.78 is 40.5. The summed E-state index contributed by atoms with van der Waals surface area (Å²) >= 11 is 5.92. The summed E-state index contributed by atoms with van der Waals surface area (Å²) in [4.78, 5) is 12.5. The van der Waals surface area contributed by atoms with Crippen LogP contribution in [0.4, 0.5) is 4.39 Å². The van der Waals surface area contributed by atoms with Gasteiger partial charge in [0.15, 0.2) is 0 Å². The number of amides is 1. The van der Waals surface area contributed by atoms with Crippen LogP contribution in [-0.2, 0) is 21.4 Å². The Morgan fingerprint density at radius 1 is 1.03 bits per heavy atom. The first-order valence-corrected chi connectivity index (χ1v) is 11.4. The molecule has 6 nitrogen and oxygen atoms in total. The van der Waals surface area contributed by atoms with Gasteiger partial charge in [0.05, 0.1) is 17.7 Å². The third-order valence-electron chi connectivity index (χ3n) is 4.52. The fourth-order valence-corrected chi connectivity index (χ4v) is 4.31. The number of sulfonamides is 1. The molecule has 0 aliphatic rings. The quantitative estimate of drug-likeness (QED) is 0.394. The van der Waals surface area contributed by atoms with Crippen LogP contribution in [0.15, 0.2) is 82.8 Å². The molecular weight excluding hydrogens is 453 g/mol. The van der Waals surface area contributed by atoms with Gasteiger partial charge in [-0.05, 0) is 54.4 Å². The predicted molar refractivity (Wildman–Crippen MR) is 122 cm³/mol. The van der Waals surface area contributed by atoms with E-state index in [1.165, 1.54) is 42.6 Å². The van der Waals surface area contributed by atoms with Gasteiger partial charge in [-0.3, -0.25) is 4.79 Å². The minimum absolute atomic E-state index is 0.0253. The topological polar surface area (TPSA) is 78.8 Å². The minimum atomic E-state index is -3.96. The molecule has 3 aromatic carbocycles. The van der Waals surface area contributed by atoms with E-state index >= 15 is 0 Å². The number of hydrazone groups is 1. The Balaban J connectivity index is 1.78. The van der Waals surface area contributed by atoms with E-state index in [9.17, 15) is 17.6 Å². The average Bonchev–Trinajstić information content (AvgIpc) is 2.76. The highest BCUT2D eigenvalue weighted by Gasteiger charge is 2.27. The van der Waals surface area contributed by atoms with Crippen molar-refractivity contribution in [3.63, 3.8) is 0 Å². The van der Waals surface area contributed by atoms with Gasteiger partial charge in [0, 0.05) is 11.6 Å². The highest BCUT2D eigenvalue weighted by molar-refractivity contribution is 7.89. The van der Waals surface area contributed by atoms with Crippen LogP contribution in [0.3, 0.4) is 0 Å². The predicted octanol–water partition coefficient (Wildman–Crippen LogP) is 4.13. The molecule has 166 valence electrons. The molecule has 1 N–H and O–H groups in total. The first kappa shape index (κ1) is 23.6. The molecule has 0 heterocycles. The molecule has 32 heavy (non-hydrogen) atoms. The summed E-state index contributed by atoms with van der Waals surface area (Å²) in [7, 11) is -3.96. The molecular formula is C23H21ClFN3O3S. The number of aryl methyl sites for hydroxylation is 1. The van der Waals surface area contributed by atoms with Crippen LogP contribution < -0.4 is 5.43 Å². The van der Waals surface area contributed by atoms with Crippen LogP contribution in [0, 0.1) is 12.7 Å². The molecule has 0 fully saturated rings. The second kappa shape index (κ2) is 10.5. The molecule has 0 spiro atoms. The fourth-order valence-electron chi connectivity index (χ4n) is 2.80. The Morgan fingerprint density at radius 3 is 2.28 bits per heavy atom. The zero-order valence-electron chi connectivity index (χ0n) is 17.2. The van der Waals surface area contributed by atoms with E-state index in [4.69, 9.17) is 11.6 Å². The monoisotopic (exact) mass is 473 g/mol. The molecule has 3 rings (SSSR count). The number of benzene rings is 3. The molecule has 0 atom stereocenters. The number of hydrogen-bond acceptors (Lipinski definition) is 4. The van der Waals surface area contributed by atoms with Gasteiger partial charge in [0.2, 0.25) is 10.0 Å². The lowest BCUT2D eigenvalue weighted by Crippen LogP contribution is -2.39. The van der Waals surface area contributed by atoms with Crippen molar-refractivity contribution in [1.82, 2.24) is 9.73 Å². The van der Waals surface area contributed by atoms with Crippen LogP contribution in [0.25, 0.3) is 0 Å². The third-order valence-corrected chi connectivity index (χ3v) is 6.58. The number of hydrogen-bond donors (Lipinski definition) is 1. The van der Waals surface area contributed by atoms with Gasteiger partial charge in [-0.25, -0.2) is 18.2 Å². The van der Waals surface area contributed by atoms with E-state index in [0.717, 1.165) is 9.87 Å². The van der Waals surface area contributed by atoms with Crippen molar-refractivity contribution in [2.75, 3.05) is 6.54 Å². The van der Waals surface area contributed by atoms with Gasteiger partial charge in [-0.2, -0.15) is 9.41 Å². The Labute approximate surface area is 191 Å². The normalized spacial score (nSPS) is 11.8. The van der Waals surface area contributed by atoms with Gasteiger partial charge >= 0.3 is 0 Å². The molecule has 0 saturated carbocycles. The Kier molecular flexibility index (Phi) is 7.74. The maximum atomic E-state index is 13.2. The summed E-state index contributed by atoms with van der Waals surface area (Å²) in [5.41, 5.74) is 4.49. The van der Waals surface area contributed by atoms with Crippen molar-refractivity contribution >= 4 is 33.7 Å². The van der Waals surface area contributed by atoms with E-state index in [0.29, 0.717) is 16.1 Å². The largest absolute Gasteiger partial charge is 0.272 e. The molecule has 3 aromatic rings. The smallest absolute Gasteiger partial charge is 0.255 e. The van der Waals surface area contributed by atoms with E-state index in [1.54, 1.807) is 36.4 Å². The molecule has 0 aromatic heterocycles. The van der Waals surface area contributed by atoms with Crippen LogP contribution in [-0.4, -0.2) is 31.4 Å². The zero-order valence-corrected chi connectivity index (χ0v) is 18.8. The summed E-state index contributed by atoms with van der Waals surface area (Å²) in [5, 5.41) is 4.35. The minimum Gasteiger partial charge on any atom is -0.272 e. The Morgan fingerprint density at radius 2 is 1.66 bits per heavy atom. The number of rotatable bonds is 8. The van der Waals surface area contributed by atoms with Gasteiger partial charge in [0.25, 0.3) is 5.91 Å². The van der Waals surface area contributed by atoms with Crippen molar-refractivity contribution in [3.05, 3.63) is 100 Å². The summed E-state index contributed by atoms with van der Waals surface area (Å²) in [6.45, 7) is 1.39. The van der Waals surface area contributed by atoms with Gasteiger partial charge in [0.1, 0.15) is 5.82 Å². The van der Waals surface area contributed by atoms with Crippen LogP contribution in [0.2, 0.25) is 5.02 Å². The summed E-state index contributed by atoms with van der Waals surface area (Å²) in [5.74, 6) is -1.00. The SMILES string of the molecule is Cc1ccc(S(=O)(=O)N(CC(=O)NN=Cc2ccc(F)cc2)Cc2ccc(Cl)cc2)cc1. The molecule has 0 aliphatic heterocycles. The molecule has 9 heteroatoms. The highest BCUT2D eigenvalue weighted by Crippen LogP contribution is 2.20. The highest BCUT2D eigenvalue weighted by atomic mass is 35.5. The molecule has 1 amide bonds. The lowest BCUT2D eigenvalue weighted by molar-refractivity contribution is -0.121. The van der Waals surface area contributed by atoms with E-state index < -0.39 is 22.5 Å². The standard InChI is InChI=1S/C23H21ClFN3O3S/c1-17-2-12-22(13-3-17)32(30,31)28(15-19-4-8-20(24)9-5-19)16-23(29)27-26-14-18-6-10-21(25)11-7-18/h2-14H,15-16H2,1H3,(H,27,29). The van der Waals surface area contributed by atoms with Crippen molar-refractivity contribution in [2.45, 2.75) is 18.4 Å². The van der Waals surface area contributed by atoms with Gasteiger partial charge in [-0.15, -0.1) is 0 Å². The third kappa shape index (κ3) is 6.46. The van der Waals surface area contributed by atoms with Crippen LogP contribution >= 0.6 is 11.6 Å². The first-order valence-electron chi connectivity index (χ1n) is 9.63. The fraction of sp³-hybridized carbons (Fsp3) is 0.130. The van der Waals surface area contributed by atoms with Crippen molar-refractivity contribution in [3.8, 4) is 0 Å². The lowest BCUT2D eigenvalue weighted by Gasteiger charge is -2.21. The molecule has 0 saturated heterocycles. The molecule has 0 bridgehead atoms. The van der Waals surface area contributed by atoms with Crippen molar-refractivity contribution < 1.29 is 17.6 Å². The summed E-state index contributed by atoms with van der Waals surface area (Å²) in [6.07, 6.45) is 1.34. The number of carbonyl (C=O) groups excluding carboxylic acids is 1. The maximum absolute atomic E-state index is 13.2. The molecule has 0 radical (unpaired) electrons. The van der Waals surface area contributed by atoms with Gasteiger partial charge < -0.3 is 0 Å². The second-order valence-corrected chi connectivity index (χ2v) is 9.43. The van der Waals surface area contributed by atoms with Crippen molar-refractivity contribution in [1.29, 1.82) is 0 Å². The lowest BCUT2D eigenvalue weighted by atomic mass is 10.2. The summed E-state index contributed by atoms with van der Waals surface area (Å²) in [6, 6.07) is 18.6. The van der Waals surface area contributed by atoms with Crippen LogP contribution in [0.5, 0.6) is 0 Å². The molecule has 0 aliphatic carbocycles. The van der Waals surface area contributed by atoms with E-state index in [-0.39, 0.29) is 17.3 Å². The first-order chi connectivity index (χ1) is 15.2. The number of carbonyl (C=O) groups is 1. The Hall–Kier alpha value is -3.07. The van der Waals surface area contributed by atoms with Crippen molar-refractivity contribution in [2.24, 2.45) is 5.10 Å². The zero-order chi connectivity index (χ0) is 23.1. The van der Waals surface area contributed by atoms with E-state index in [2.05, 4.69) is 10.5 Å². The Bertz CT molecular complexity index is 1200. The number of nitrogens with one attached hydrogen (secondary N) is 1.